The van der Waals surface area contributed by atoms with E-state index in [9.17, 15) is 17.9 Å². The van der Waals surface area contributed by atoms with Gasteiger partial charge in [-0.1, -0.05) is 42.5 Å². The third-order valence-corrected chi connectivity index (χ3v) is 6.73. The summed E-state index contributed by atoms with van der Waals surface area (Å²) in [5.74, 6) is 0.473. The molecular weight excluding hydrogens is 529 g/mol. The van der Waals surface area contributed by atoms with Crippen LogP contribution in [0.15, 0.2) is 91.0 Å². The molecule has 0 bridgehead atoms. The van der Waals surface area contributed by atoms with Gasteiger partial charge in [0.1, 0.15) is 22.9 Å². The number of hydrogen-bond acceptors (Lipinski definition) is 4. The van der Waals surface area contributed by atoms with Gasteiger partial charge in [0, 0.05) is 13.1 Å². The Morgan fingerprint density at radius 1 is 0.850 bits per heavy atom. The fourth-order valence-electron chi connectivity index (χ4n) is 4.15. The molecule has 40 heavy (non-hydrogen) atoms. The summed E-state index contributed by atoms with van der Waals surface area (Å²) in [5, 5.41) is 0. The van der Waals surface area contributed by atoms with Gasteiger partial charge in [-0.2, -0.15) is 4.31 Å². The maximum atomic E-state index is 13.1. The zero-order valence-electron chi connectivity index (χ0n) is 22.9. The van der Waals surface area contributed by atoms with Gasteiger partial charge in [0.15, 0.2) is 0 Å². The number of aryl methyl sites for hydroxylation is 1. The molecule has 0 aliphatic carbocycles. The number of esters is 1. The summed E-state index contributed by atoms with van der Waals surface area (Å²) < 4.78 is 47.8. The average molecular weight is 562 g/mol. The fraction of sp³-hybridized carbons (Fsp3) is 0.219. The molecule has 0 radical (unpaired) electrons. The van der Waals surface area contributed by atoms with E-state index in [1.807, 2.05) is 70.2 Å². The Morgan fingerprint density at radius 3 is 1.95 bits per heavy atom. The van der Waals surface area contributed by atoms with E-state index < -0.39 is 22.8 Å². The highest BCUT2D eigenvalue weighted by Gasteiger charge is 2.19. The summed E-state index contributed by atoms with van der Waals surface area (Å²) in [7, 11) is 0. The number of ether oxygens (including phenoxy) is 2. The van der Waals surface area contributed by atoms with Crippen LogP contribution in [0.3, 0.4) is 0 Å². The molecule has 0 aliphatic heterocycles. The first-order valence-corrected chi connectivity index (χ1v) is 13.8. The van der Waals surface area contributed by atoms with Crippen LogP contribution in [-0.4, -0.2) is 24.6 Å². The number of carbonyl (C=O) groups excluding carboxylic acids is 1. The second kappa shape index (κ2) is 12.6. The van der Waals surface area contributed by atoms with Gasteiger partial charge in [-0.3, -0.25) is 4.55 Å². The van der Waals surface area contributed by atoms with Crippen LogP contribution in [0.1, 0.15) is 47.8 Å². The highest BCUT2D eigenvalue weighted by Crippen LogP contribution is 2.29. The van der Waals surface area contributed by atoms with Crippen molar-refractivity contribution in [2.24, 2.45) is 0 Å². The van der Waals surface area contributed by atoms with Crippen molar-refractivity contribution in [3.63, 3.8) is 0 Å². The summed E-state index contributed by atoms with van der Waals surface area (Å²) >= 11 is -2.19. The standard InChI is InChI=1S/C32H32FNO5S/c1-22-19-24(7-18-30(22)25-10-14-28(15-11-25)38-29-16-12-27(33)13-17-29)21-34(40(36)37)20-23-5-8-26(9-6-23)31(35)39-32(2,3)4/h5-19H,20-21H2,1-4H3,(H,36,37). The molecule has 1 atom stereocenters. The summed E-state index contributed by atoms with van der Waals surface area (Å²) in [6.07, 6.45) is 0. The molecule has 0 aliphatic rings. The van der Waals surface area contributed by atoms with E-state index in [2.05, 4.69) is 0 Å². The van der Waals surface area contributed by atoms with Crippen molar-refractivity contribution in [2.75, 3.05) is 0 Å². The van der Waals surface area contributed by atoms with Crippen molar-refractivity contribution >= 4 is 17.2 Å². The molecule has 0 aromatic heterocycles. The van der Waals surface area contributed by atoms with Gasteiger partial charge in [0.2, 0.25) is 11.3 Å². The normalized spacial score (nSPS) is 12.3. The lowest BCUT2D eigenvalue weighted by Crippen LogP contribution is -2.25. The summed E-state index contributed by atoms with van der Waals surface area (Å²) in [6.45, 7) is 7.92. The fourth-order valence-corrected chi connectivity index (χ4v) is 4.67. The lowest BCUT2D eigenvalue weighted by atomic mass is 9.98. The molecule has 0 heterocycles. The first kappa shape index (κ1) is 29.1. The highest BCUT2D eigenvalue weighted by atomic mass is 32.2. The molecule has 208 valence electrons. The van der Waals surface area contributed by atoms with Crippen LogP contribution in [0, 0.1) is 12.7 Å². The Kier molecular flexibility index (Phi) is 9.14. The van der Waals surface area contributed by atoms with E-state index >= 15 is 0 Å². The molecular formula is C32H32FNO5S. The zero-order chi connectivity index (χ0) is 28.9. The SMILES string of the molecule is Cc1cc(CN(Cc2ccc(C(=O)OC(C)(C)C)cc2)S(=O)O)ccc1-c1ccc(Oc2ccc(F)cc2)cc1. The third-order valence-electron chi connectivity index (χ3n) is 6.03. The molecule has 0 spiro atoms. The minimum Gasteiger partial charge on any atom is -0.457 e. The molecule has 4 aromatic rings. The topological polar surface area (TPSA) is 76.1 Å². The molecule has 0 amide bonds. The summed E-state index contributed by atoms with van der Waals surface area (Å²) in [4.78, 5) is 12.3. The van der Waals surface area contributed by atoms with E-state index in [0.717, 1.165) is 27.8 Å². The second-order valence-corrected chi connectivity index (χ2v) is 11.4. The van der Waals surface area contributed by atoms with Gasteiger partial charge < -0.3 is 9.47 Å². The van der Waals surface area contributed by atoms with Gasteiger partial charge in [-0.25, -0.2) is 13.4 Å². The molecule has 0 saturated carbocycles. The summed E-state index contributed by atoms with van der Waals surface area (Å²) in [6, 6.07) is 26.3. The Balaban J connectivity index is 1.41. The van der Waals surface area contributed by atoms with E-state index in [-0.39, 0.29) is 18.9 Å². The van der Waals surface area contributed by atoms with Crippen molar-refractivity contribution in [2.45, 2.75) is 46.4 Å². The number of hydrogen-bond donors (Lipinski definition) is 1. The van der Waals surface area contributed by atoms with Crippen LogP contribution >= 0.6 is 0 Å². The van der Waals surface area contributed by atoms with Gasteiger partial charge in [-0.05, 0) is 104 Å². The molecule has 0 fully saturated rings. The third kappa shape index (κ3) is 8.08. The van der Waals surface area contributed by atoms with Crippen LogP contribution < -0.4 is 4.74 Å². The Bertz CT molecular complexity index is 1480. The molecule has 8 heteroatoms. The minimum absolute atomic E-state index is 0.230. The summed E-state index contributed by atoms with van der Waals surface area (Å²) in [5.41, 5.74) is 4.59. The molecule has 4 aromatic carbocycles. The van der Waals surface area contributed by atoms with Crippen molar-refractivity contribution in [1.82, 2.24) is 4.31 Å². The van der Waals surface area contributed by atoms with E-state index in [1.54, 1.807) is 36.4 Å². The number of rotatable bonds is 9. The van der Waals surface area contributed by atoms with Crippen LogP contribution in [-0.2, 0) is 29.1 Å². The van der Waals surface area contributed by atoms with Crippen molar-refractivity contribution < 1.29 is 27.4 Å². The predicted octanol–water partition coefficient (Wildman–Crippen LogP) is 7.69. The van der Waals surface area contributed by atoms with E-state index in [4.69, 9.17) is 9.47 Å². The van der Waals surface area contributed by atoms with Crippen molar-refractivity contribution in [3.05, 3.63) is 119 Å². The Labute approximate surface area is 236 Å². The van der Waals surface area contributed by atoms with Crippen molar-refractivity contribution in [3.8, 4) is 22.6 Å². The molecule has 6 nitrogen and oxygen atoms in total. The number of benzene rings is 4. The Hall–Kier alpha value is -3.85. The lowest BCUT2D eigenvalue weighted by Gasteiger charge is -2.20. The van der Waals surface area contributed by atoms with Gasteiger partial charge in [0.25, 0.3) is 0 Å². The quantitative estimate of drug-likeness (QED) is 0.167. The molecule has 1 N–H and O–H groups in total. The number of carbonyl (C=O) groups is 1. The van der Waals surface area contributed by atoms with Crippen LogP contribution in [0.5, 0.6) is 11.5 Å². The first-order chi connectivity index (χ1) is 19.0. The maximum absolute atomic E-state index is 13.1. The number of nitrogens with zero attached hydrogens (tertiary/aromatic N) is 1. The van der Waals surface area contributed by atoms with Gasteiger partial charge >= 0.3 is 5.97 Å². The van der Waals surface area contributed by atoms with Gasteiger partial charge in [0.05, 0.1) is 5.56 Å². The molecule has 4 rings (SSSR count). The molecule has 0 saturated heterocycles. The predicted molar refractivity (Wildman–Crippen MR) is 155 cm³/mol. The lowest BCUT2D eigenvalue weighted by molar-refractivity contribution is 0.00694. The smallest absolute Gasteiger partial charge is 0.338 e. The van der Waals surface area contributed by atoms with Crippen molar-refractivity contribution in [1.29, 1.82) is 0 Å². The first-order valence-electron chi connectivity index (χ1n) is 12.8. The van der Waals surface area contributed by atoms with Crippen LogP contribution in [0.4, 0.5) is 4.39 Å². The maximum Gasteiger partial charge on any atom is 0.338 e. The number of halogens is 1. The van der Waals surface area contributed by atoms with E-state index in [0.29, 0.717) is 17.1 Å². The monoisotopic (exact) mass is 561 g/mol. The van der Waals surface area contributed by atoms with Crippen LogP contribution in [0.2, 0.25) is 0 Å². The highest BCUT2D eigenvalue weighted by molar-refractivity contribution is 7.76. The minimum atomic E-state index is -2.19. The molecule has 1 unspecified atom stereocenters. The van der Waals surface area contributed by atoms with Crippen LogP contribution in [0.25, 0.3) is 11.1 Å². The Morgan fingerprint density at radius 2 is 1.40 bits per heavy atom. The zero-order valence-corrected chi connectivity index (χ0v) is 23.7. The van der Waals surface area contributed by atoms with E-state index in [1.165, 1.54) is 16.4 Å². The second-order valence-electron chi connectivity index (χ2n) is 10.5. The average Bonchev–Trinajstić information content (AvgIpc) is 2.90. The largest absolute Gasteiger partial charge is 0.457 e. The van der Waals surface area contributed by atoms with Gasteiger partial charge in [-0.15, -0.1) is 0 Å².